The SMILES string of the molecule is CC(C)C1OCNC1C. The molecule has 1 aliphatic heterocycles. The molecule has 2 heteroatoms. The third-order valence-electron chi connectivity index (χ3n) is 1.83. The van der Waals surface area contributed by atoms with Crippen molar-refractivity contribution in [3.63, 3.8) is 0 Å². The molecule has 1 heterocycles. The molecular weight excluding hydrogens is 114 g/mol. The lowest BCUT2D eigenvalue weighted by atomic mass is 10.0. The van der Waals surface area contributed by atoms with Crippen molar-refractivity contribution in [1.82, 2.24) is 5.32 Å². The minimum Gasteiger partial charge on any atom is -0.361 e. The largest absolute Gasteiger partial charge is 0.361 e. The zero-order chi connectivity index (χ0) is 6.85. The van der Waals surface area contributed by atoms with Gasteiger partial charge in [-0.15, -0.1) is 0 Å². The van der Waals surface area contributed by atoms with Crippen LogP contribution >= 0.6 is 0 Å². The van der Waals surface area contributed by atoms with Gasteiger partial charge in [-0.2, -0.15) is 0 Å². The van der Waals surface area contributed by atoms with Gasteiger partial charge in [0.1, 0.15) is 0 Å². The predicted molar refractivity (Wildman–Crippen MR) is 37.2 cm³/mol. The maximum absolute atomic E-state index is 5.42. The smallest absolute Gasteiger partial charge is 0.0972 e. The van der Waals surface area contributed by atoms with Crippen LogP contribution in [0.3, 0.4) is 0 Å². The summed E-state index contributed by atoms with van der Waals surface area (Å²) in [7, 11) is 0. The molecule has 0 saturated carbocycles. The van der Waals surface area contributed by atoms with Crippen molar-refractivity contribution in [3.8, 4) is 0 Å². The van der Waals surface area contributed by atoms with Gasteiger partial charge in [0.2, 0.25) is 0 Å². The van der Waals surface area contributed by atoms with E-state index in [0.29, 0.717) is 18.1 Å². The zero-order valence-corrected chi connectivity index (χ0v) is 6.35. The number of hydrogen-bond acceptors (Lipinski definition) is 2. The molecule has 2 atom stereocenters. The maximum Gasteiger partial charge on any atom is 0.0972 e. The van der Waals surface area contributed by atoms with Crippen molar-refractivity contribution in [3.05, 3.63) is 0 Å². The molecule has 2 unspecified atom stereocenters. The van der Waals surface area contributed by atoms with E-state index in [-0.39, 0.29) is 0 Å². The van der Waals surface area contributed by atoms with Crippen LogP contribution in [0.4, 0.5) is 0 Å². The molecule has 2 nitrogen and oxygen atoms in total. The molecule has 0 radical (unpaired) electrons. The molecule has 0 amide bonds. The molecule has 0 aromatic rings. The second-order valence-corrected chi connectivity index (χ2v) is 3.01. The summed E-state index contributed by atoms with van der Waals surface area (Å²) in [6, 6.07) is 0.532. The maximum atomic E-state index is 5.42. The van der Waals surface area contributed by atoms with Crippen molar-refractivity contribution in [2.45, 2.75) is 32.9 Å². The van der Waals surface area contributed by atoms with Crippen molar-refractivity contribution in [2.24, 2.45) is 5.92 Å². The Hall–Kier alpha value is -0.0800. The summed E-state index contributed by atoms with van der Waals surface area (Å²) in [4.78, 5) is 0. The molecule has 0 aromatic carbocycles. The Morgan fingerprint density at radius 3 is 2.44 bits per heavy atom. The van der Waals surface area contributed by atoms with Crippen LogP contribution in [0, 0.1) is 5.92 Å². The molecule has 54 valence electrons. The number of rotatable bonds is 1. The predicted octanol–water partition coefficient (Wildman–Crippen LogP) is 0.977. The normalized spacial score (nSPS) is 36.0. The van der Waals surface area contributed by atoms with Gasteiger partial charge in [-0.25, -0.2) is 0 Å². The highest BCUT2D eigenvalue weighted by molar-refractivity contribution is 4.78. The summed E-state index contributed by atoms with van der Waals surface area (Å²) >= 11 is 0. The van der Waals surface area contributed by atoms with Gasteiger partial charge in [0.05, 0.1) is 12.8 Å². The summed E-state index contributed by atoms with van der Waals surface area (Å²) in [5, 5.41) is 3.23. The van der Waals surface area contributed by atoms with E-state index in [4.69, 9.17) is 4.74 Å². The zero-order valence-electron chi connectivity index (χ0n) is 6.35. The van der Waals surface area contributed by atoms with Crippen LogP contribution in [-0.4, -0.2) is 18.9 Å². The van der Waals surface area contributed by atoms with Gasteiger partial charge in [-0.05, 0) is 12.8 Å². The first-order valence-electron chi connectivity index (χ1n) is 3.57. The average molecular weight is 129 g/mol. The Morgan fingerprint density at radius 2 is 2.22 bits per heavy atom. The van der Waals surface area contributed by atoms with Crippen molar-refractivity contribution >= 4 is 0 Å². The van der Waals surface area contributed by atoms with Gasteiger partial charge in [0.15, 0.2) is 0 Å². The Morgan fingerprint density at radius 1 is 1.56 bits per heavy atom. The van der Waals surface area contributed by atoms with Crippen molar-refractivity contribution in [1.29, 1.82) is 0 Å². The second kappa shape index (κ2) is 2.67. The monoisotopic (exact) mass is 129 g/mol. The average Bonchev–Trinajstić information content (AvgIpc) is 2.13. The number of ether oxygens (including phenoxy) is 1. The lowest BCUT2D eigenvalue weighted by Gasteiger charge is -2.16. The van der Waals surface area contributed by atoms with Crippen LogP contribution in [0.1, 0.15) is 20.8 Å². The molecule has 1 rings (SSSR count). The van der Waals surface area contributed by atoms with Gasteiger partial charge in [0, 0.05) is 6.04 Å². The molecule has 0 aromatic heterocycles. The van der Waals surface area contributed by atoms with Crippen LogP contribution in [0.25, 0.3) is 0 Å². The lowest BCUT2D eigenvalue weighted by Crippen LogP contribution is -2.30. The first-order chi connectivity index (χ1) is 4.22. The highest BCUT2D eigenvalue weighted by Crippen LogP contribution is 2.14. The molecule has 9 heavy (non-hydrogen) atoms. The highest BCUT2D eigenvalue weighted by Gasteiger charge is 2.25. The molecule has 1 fully saturated rings. The summed E-state index contributed by atoms with van der Waals surface area (Å²) < 4.78 is 5.42. The highest BCUT2D eigenvalue weighted by atomic mass is 16.5. The van der Waals surface area contributed by atoms with Crippen molar-refractivity contribution < 1.29 is 4.74 Å². The van der Waals surface area contributed by atoms with E-state index in [9.17, 15) is 0 Å². The van der Waals surface area contributed by atoms with Gasteiger partial charge < -0.3 is 4.74 Å². The van der Waals surface area contributed by atoms with Crippen LogP contribution in [0.15, 0.2) is 0 Å². The molecule has 0 bridgehead atoms. The molecular formula is C7H15NO. The quantitative estimate of drug-likeness (QED) is 0.569. The topological polar surface area (TPSA) is 21.3 Å². The first-order valence-corrected chi connectivity index (χ1v) is 3.57. The molecule has 0 aliphatic carbocycles. The van der Waals surface area contributed by atoms with Crippen LogP contribution in [0.2, 0.25) is 0 Å². The molecule has 1 aliphatic rings. The second-order valence-electron chi connectivity index (χ2n) is 3.01. The van der Waals surface area contributed by atoms with Gasteiger partial charge in [-0.1, -0.05) is 13.8 Å². The number of hydrogen-bond donors (Lipinski definition) is 1. The van der Waals surface area contributed by atoms with E-state index >= 15 is 0 Å². The molecule has 1 saturated heterocycles. The van der Waals surface area contributed by atoms with Crippen LogP contribution < -0.4 is 5.32 Å². The van der Waals surface area contributed by atoms with Crippen LogP contribution in [-0.2, 0) is 4.74 Å². The minimum absolute atomic E-state index is 0.421. The van der Waals surface area contributed by atoms with E-state index in [1.807, 2.05) is 0 Å². The molecule has 1 N–H and O–H groups in total. The summed E-state index contributed by atoms with van der Waals surface area (Å²) in [5.74, 6) is 0.634. The van der Waals surface area contributed by atoms with Crippen LogP contribution in [0.5, 0.6) is 0 Å². The Kier molecular flexibility index (Phi) is 2.09. The summed E-state index contributed by atoms with van der Waals surface area (Å²) in [6.07, 6.45) is 0.421. The summed E-state index contributed by atoms with van der Waals surface area (Å²) in [5.41, 5.74) is 0. The van der Waals surface area contributed by atoms with Gasteiger partial charge in [0.25, 0.3) is 0 Å². The van der Waals surface area contributed by atoms with E-state index in [2.05, 4.69) is 26.1 Å². The first kappa shape index (κ1) is 7.03. The fourth-order valence-corrected chi connectivity index (χ4v) is 1.31. The van der Waals surface area contributed by atoms with Gasteiger partial charge in [-0.3, -0.25) is 5.32 Å². The van der Waals surface area contributed by atoms with E-state index in [1.54, 1.807) is 0 Å². The molecule has 0 spiro atoms. The Bertz CT molecular complexity index is 92.9. The number of nitrogens with one attached hydrogen (secondary N) is 1. The Labute approximate surface area is 56.6 Å². The van der Waals surface area contributed by atoms with Gasteiger partial charge >= 0.3 is 0 Å². The third-order valence-corrected chi connectivity index (χ3v) is 1.83. The lowest BCUT2D eigenvalue weighted by molar-refractivity contribution is 0.0694. The minimum atomic E-state index is 0.421. The third kappa shape index (κ3) is 1.43. The van der Waals surface area contributed by atoms with E-state index in [0.717, 1.165) is 6.73 Å². The standard InChI is InChI=1S/C7H15NO/c1-5(2)7-6(3)8-4-9-7/h5-8H,4H2,1-3H3. The Balaban J connectivity index is 2.40. The van der Waals surface area contributed by atoms with Crippen molar-refractivity contribution in [2.75, 3.05) is 6.73 Å². The summed E-state index contributed by atoms with van der Waals surface area (Å²) in [6.45, 7) is 7.27. The fourth-order valence-electron chi connectivity index (χ4n) is 1.31. The van der Waals surface area contributed by atoms with E-state index in [1.165, 1.54) is 0 Å². The fraction of sp³-hybridized carbons (Fsp3) is 1.00. The van der Waals surface area contributed by atoms with E-state index < -0.39 is 0 Å².